The first-order valence-electron chi connectivity index (χ1n) is 5.95. The van der Waals surface area contributed by atoms with E-state index in [0.717, 1.165) is 17.5 Å². The van der Waals surface area contributed by atoms with Gasteiger partial charge in [-0.05, 0) is 36.7 Å². The predicted molar refractivity (Wildman–Crippen MR) is 69.8 cm³/mol. The van der Waals surface area contributed by atoms with E-state index in [1.807, 2.05) is 11.6 Å². The Morgan fingerprint density at radius 3 is 2.47 bits per heavy atom. The molecule has 4 nitrogen and oxygen atoms in total. The van der Waals surface area contributed by atoms with Crippen molar-refractivity contribution in [3.8, 4) is 0 Å². The molecular weight excluding hydrogens is 274 g/mol. The van der Waals surface area contributed by atoms with E-state index in [2.05, 4.69) is 5.32 Å². The van der Waals surface area contributed by atoms with Crippen LogP contribution in [0.25, 0.3) is 0 Å². The molecule has 0 unspecified atom stereocenters. The van der Waals surface area contributed by atoms with Crippen LogP contribution in [0.4, 0.5) is 8.78 Å². The molecule has 0 saturated heterocycles. The van der Waals surface area contributed by atoms with Crippen LogP contribution in [0, 0.1) is 0 Å². The molecule has 108 valence electrons. The van der Waals surface area contributed by atoms with Crippen LogP contribution in [0.5, 0.6) is 0 Å². The molecule has 1 rings (SSSR count). The van der Waals surface area contributed by atoms with E-state index in [-0.39, 0.29) is 4.90 Å². The molecule has 0 radical (unpaired) electrons. The Morgan fingerprint density at radius 1 is 1.26 bits per heavy atom. The largest absolute Gasteiger partial charge is 0.316 e. The lowest BCUT2D eigenvalue weighted by Crippen LogP contribution is -2.28. The molecule has 7 heteroatoms. The summed E-state index contributed by atoms with van der Waals surface area (Å²) < 4.78 is 49.7. The zero-order valence-electron chi connectivity index (χ0n) is 10.9. The van der Waals surface area contributed by atoms with Crippen molar-refractivity contribution in [3.05, 3.63) is 29.3 Å². The van der Waals surface area contributed by atoms with Crippen molar-refractivity contribution in [2.24, 2.45) is 0 Å². The topological polar surface area (TPSA) is 58.2 Å². The molecule has 1 aromatic carbocycles. The van der Waals surface area contributed by atoms with Gasteiger partial charge in [0.25, 0.3) is 6.43 Å². The van der Waals surface area contributed by atoms with Crippen LogP contribution in [-0.4, -0.2) is 28.4 Å². The van der Waals surface area contributed by atoms with Crippen LogP contribution in [0.2, 0.25) is 0 Å². The molecule has 0 amide bonds. The minimum absolute atomic E-state index is 0.00981. The van der Waals surface area contributed by atoms with Gasteiger partial charge < -0.3 is 5.32 Å². The first-order chi connectivity index (χ1) is 8.90. The molecule has 0 saturated carbocycles. The Balaban J connectivity index is 3.03. The summed E-state index contributed by atoms with van der Waals surface area (Å²) in [5.41, 5.74) is 1.88. The number of aryl methyl sites for hydroxylation is 1. The number of rotatable bonds is 7. The van der Waals surface area contributed by atoms with Gasteiger partial charge in [-0.25, -0.2) is 21.9 Å². The van der Waals surface area contributed by atoms with Gasteiger partial charge in [0, 0.05) is 6.54 Å². The predicted octanol–water partition coefficient (Wildman–Crippen LogP) is 1.51. The third-order valence-electron chi connectivity index (χ3n) is 2.66. The average molecular weight is 292 g/mol. The van der Waals surface area contributed by atoms with Crippen molar-refractivity contribution in [2.45, 2.75) is 31.2 Å². The second kappa shape index (κ2) is 6.93. The molecule has 0 aromatic heterocycles. The third kappa shape index (κ3) is 4.52. The zero-order valence-corrected chi connectivity index (χ0v) is 11.7. The lowest BCUT2D eigenvalue weighted by Gasteiger charge is -2.11. The number of sulfonamides is 1. The summed E-state index contributed by atoms with van der Waals surface area (Å²) in [6, 6.07) is 4.67. The first-order valence-corrected chi connectivity index (χ1v) is 7.43. The Bertz CT molecular complexity index is 518. The van der Waals surface area contributed by atoms with Crippen molar-refractivity contribution in [1.29, 1.82) is 0 Å². The van der Waals surface area contributed by atoms with E-state index in [9.17, 15) is 17.2 Å². The Hall–Kier alpha value is -1.05. The van der Waals surface area contributed by atoms with Crippen LogP contribution in [-0.2, 0) is 23.0 Å². The normalized spacial score (nSPS) is 12.1. The van der Waals surface area contributed by atoms with Gasteiger partial charge in [-0.1, -0.05) is 13.0 Å². The fourth-order valence-electron chi connectivity index (χ4n) is 1.73. The Labute approximate surface area is 112 Å². The van der Waals surface area contributed by atoms with Crippen LogP contribution >= 0.6 is 0 Å². The molecular formula is C12H18F2N2O2S. The fraction of sp³-hybridized carbons (Fsp3) is 0.500. The van der Waals surface area contributed by atoms with Gasteiger partial charge in [-0.2, -0.15) is 0 Å². The maximum Gasteiger partial charge on any atom is 0.251 e. The van der Waals surface area contributed by atoms with Crippen LogP contribution < -0.4 is 10.0 Å². The number of hydrogen-bond donors (Lipinski definition) is 2. The number of halogens is 2. The van der Waals surface area contributed by atoms with E-state index in [1.165, 1.54) is 12.1 Å². The maximum absolute atomic E-state index is 12.1. The van der Waals surface area contributed by atoms with Crippen LogP contribution in [0.3, 0.4) is 0 Å². The monoisotopic (exact) mass is 292 g/mol. The third-order valence-corrected chi connectivity index (χ3v) is 4.09. The second-order valence-electron chi connectivity index (χ2n) is 4.06. The molecule has 0 aliphatic rings. The molecule has 0 fully saturated rings. The quantitative estimate of drug-likeness (QED) is 0.801. The fourth-order valence-corrected chi connectivity index (χ4v) is 2.78. The van der Waals surface area contributed by atoms with E-state index in [0.29, 0.717) is 6.54 Å². The minimum atomic E-state index is -3.88. The summed E-state index contributed by atoms with van der Waals surface area (Å²) in [6.07, 6.45) is -1.93. The molecule has 1 aromatic rings. The second-order valence-corrected chi connectivity index (χ2v) is 5.82. The highest BCUT2D eigenvalue weighted by atomic mass is 32.2. The average Bonchev–Trinajstić information content (AvgIpc) is 2.37. The van der Waals surface area contributed by atoms with Gasteiger partial charge in [0.1, 0.15) is 0 Å². The lowest BCUT2D eigenvalue weighted by atomic mass is 10.1. The summed E-state index contributed by atoms with van der Waals surface area (Å²) in [5.74, 6) is 0. The number of nitrogens with one attached hydrogen (secondary N) is 2. The van der Waals surface area contributed by atoms with E-state index in [1.54, 1.807) is 13.1 Å². The van der Waals surface area contributed by atoms with Gasteiger partial charge in [-0.15, -0.1) is 0 Å². The van der Waals surface area contributed by atoms with Crippen molar-refractivity contribution in [3.63, 3.8) is 0 Å². The molecule has 0 spiro atoms. The van der Waals surface area contributed by atoms with Gasteiger partial charge in [0.2, 0.25) is 10.0 Å². The van der Waals surface area contributed by atoms with E-state index in [4.69, 9.17) is 0 Å². The molecule has 0 heterocycles. The SMILES string of the molecule is CCc1ccc(S(=O)(=O)NCC(F)F)cc1CNC. The smallest absolute Gasteiger partial charge is 0.251 e. The Kier molecular flexibility index (Phi) is 5.84. The van der Waals surface area contributed by atoms with Crippen molar-refractivity contribution in [1.82, 2.24) is 10.0 Å². The zero-order chi connectivity index (χ0) is 14.5. The lowest BCUT2D eigenvalue weighted by molar-refractivity contribution is 0.153. The number of benzene rings is 1. The standard InChI is InChI=1S/C12H18F2N2O2S/c1-3-9-4-5-11(6-10(9)7-15-2)19(17,18)16-8-12(13)14/h4-6,12,15-16H,3,7-8H2,1-2H3. The summed E-state index contributed by atoms with van der Waals surface area (Å²) in [4.78, 5) is 0.00981. The summed E-state index contributed by atoms with van der Waals surface area (Å²) in [6.45, 7) is 1.62. The van der Waals surface area contributed by atoms with Gasteiger partial charge in [0.15, 0.2) is 0 Å². The molecule has 0 atom stereocenters. The minimum Gasteiger partial charge on any atom is -0.316 e. The highest BCUT2D eigenvalue weighted by Gasteiger charge is 2.17. The van der Waals surface area contributed by atoms with Crippen LogP contribution in [0.15, 0.2) is 23.1 Å². The van der Waals surface area contributed by atoms with Crippen molar-refractivity contribution < 1.29 is 17.2 Å². The molecule has 2 N–H and O–H groups in total. The van der Waals surface area contributed by atoms with Gasteiger partial charge in [-0.3, -0.25) is 0 Å². The molecule has 19 heavy (non-hydrogen) atoms. The van der Waals surface area contributed by atoms with Crippen molar-refractivity contribution in [2.75, 3.05) is 13.6 Å². The maximum atomic E-state index is 12.1. The van der Waals surface area contributed by atoms with Gasteiger partial charge >= 0.3 is 0 Å². The van der Waals surface area contributed by atoms with E-state index < -0.39 is 23.0 Å². The summed E-state index contributed by atoms with van der Waals surface area (Å²) >= 11 is 0. The summed E-state index contributed by atoms with van der Waals surface area (Å²) in [7, 11) is -2.12. The van der Waals surface area contributed by atoms with E-state index >= 15 is 0 Å². The number of alkyl halides is 2. The number of hydrogen-bond acceptors (Lipinski definition) is 3. The molecule has 0 aliphatic carbocycles. The first kappa shape index (κ1) is 16.0. The van der Waals surface area contributed by atoms with Crippen molar-refractivity contribution >= 4 is 10.0 Å². The Morgan fingerprint density at radius 2 is 1.95 bits per heavy atom. The van der Waals surface area contributed by atoms with Crippen LogP contribution in [0.1, 0.15) is 18.1 Å². The molecule has 0 aliphatic heterocycles. The highest BCUT2D eigenvalue weighted by molar-refractivity contribution is 7.89. The molecule has 0 bridgehead atoms. The summed E-state index contributed by atoms with van der Waals surface area (Å²) in [5, 5.41) is 2.95. The van der Waals surface area contributed by atoms with Gasteiger partial charge in [0.05, 0.1) is 11.4 Å². The highest BCUT2D eigenvalue weighted by Crippen LogP contribution is 2.17.